The molecule has 4 nitrogen and oxygen atoms in total. The van der Waals surface area contributed by atoms with E-state index in [0.717, 1.165) is 29.0 Å². The Labute approximate surface area is 199 Å². The number of carboxylic acids is 1. The van der Waals surface area contributed by atoms with Gasteiger partial charge in [-0.1, -0.05) is 65.3 Å². The first-order valence-corrected chi connectivity index (χ1v) is 12.0. The van der Waals surface area contributed by atoms with Gasteiger partial charge in [0, 0.05) is 29.6 Å². The Morgan fingerprint density at radius 1 is 1.19 bits per heavy atom. The van der Waals surface area contributed by atoms with Gasteiger partial charge in [-0.05, 0) is 67.2 Å². The van der Waals surface area contributed by atoms with Gasteiger partial charge in [-0.15, -0.1) is 0 Å². The molecule has 0 spiro atoms. The van der Waals surface area contributed by atoms with Crippen molar-refractivity contribution in [3.63, 3.8) is 0 Å². The number of halogens is 1. The lowest BCUT2D eigenvalue weighted by molar-refractivity contribution is -0.148. The van der Waals surface area contributed by atoms with Gasteiger partial charge in [0.25, 0.3) is 0 Å². The topological polar surface area (TPSA) is 57.6 Å². The number of hydrogen-bond acceptors (Lipinski definition) is 2. The second-order valence-electron chi connectivity index (χ2n) is 11.6. The normalized spacial score (nSPS) is 20.0. The van der Waals surface area contributed by atoms with Crippen LogP contribution in [0.2, 0.25) is 5.02 Å². The third-order valence-electron chi connectivity index (χ3n) is 6.77. The van der Waals surface area contributed by atoms with Crippen molar-refractivity contribution in [2.45, 2.75) is 86.5 Å². The van der Waals surface area contributed by atoms with Crippen molar-refractivity contribution in [2.75, 3.05) is 6.54 Å². The monoisotopic (exact) mass is 461 g/mol. The highest BCUT2D eigenvalue weighted by Gasteiger charge is 2.41. The van der Waals surface area contributed by atoms with Crippen molar-refractivity contribution in [2.24, 2.45) is 16.7 Å². The summed E-state index contributed by atoms with van der Waals surface area (Å²) in [7, 11) is 0. The maximum absolute atomic E-state index is 13.1. The number of amides is 1. The first kappa shape index (κ1) is 26.4. The largest absolute Gasteiger partial charge is 0.481 e. The Kier molecular flexibility index (Phi) is 7.92. The maximum atomic E-state index is 13.1. The molecule has 0 unspecified atom stereocenters. The molecule has 0 fully saturated rings. The molecular formula is C27H40ClNO3. The summed E-state index contributed by atoms with van der Waals surface area (Å²) in [6.45, 7) is 16.9. The average Bonchev–Trinajstić information content (AvgIpc) is 2.65. The molecule has 5 heteroatoms. The van der Waals surface area contributed by atoms with Crippen LogP contribution in [0.15, 0.2) is 30.0 Å². The Morgan fingerprint density at radius 2 is 1.81 bits per heavy atom. The van der Waals surface area contributed by atoms with Gasteiger partial charge < -0.3 is 10.0 Å². The number of carbonyl (C=O) groups is 2. The van der Waals surface area contributed by atoms with E-state index in [9.17, 15) is 14.7 Å². The summed E-state index contributed by atoms with van der Waals surface area (Å²) in [5, 5.41) is 10.2. The van der Waals surface area contributed by atoms with Gasteiger partial charge in [0.2, 0.25) is 5.91 Å². The van der Waals surface area contributed by atoms with Crippen LogP contribution < -0.4 is 0 Å². The quantitative estimate of drug-likeness (QED) is 0.460. The highest BCUT2D eigenvalue weighted by atomic mass is 35.5. The zero-order valence-corrected chi connectivity index (χ0v) is 21.8. The fourth-order valence-electron chi connectivity index (χ4n) is 4.24. The van der Waals surface area contributed by atoms with E-state index in [-0.39, 0.29) is 17.2 Å². The number of carboxylic acid groups (broad SMARTS) is 1. The molecule has 0 aromatic heterocycles. The molecule has 178 valence electrons. The second kappa shape index (κ2) is 9.59. The van der Waals surface area contributed by atoms with E-state index in [4.69, 9.17) is 11.6 Å². The molecule has 1 aliphatic heterocycles. The summed E-state index contributed by atoms with van der Waals surface area (Å²) in [5.74, 6) is -0.588. The lowest BCUT2D eigenvalue weighted by atomic mass is 9.68. The molecule has 0 saturated heterocycles. The summed E-state index contributed by atoms with van der Waals surface area (Å²) in [6, 6.07) is 6.27. The standard InChI is InChI=1S/C27H40ClNO3/c1-18(2)21-17-29(14-13-26(6,7)24(31)32)23(30)16-27(21,8)20-10-9-19(22(28)15-20)11-12-25(3,4)5/h9-10,15,17-18H,11-14,16H2,1-8H3,(H,31,32)/t27-/m0/s1. The molecule has 1 aliphatic rings. The number of aliphatic carboxylic acids is 1. The molecule has 1 heterocycles. The Hall–Kier alpha value is -1.81. The molecule has 1 atom stereocenters. The minimum absolute atomic E-state index is 0.0195. The Morgan fingerprint density at radius 3 is 2.31 bits per heavy atom. The van der Waals surface area contributed by atoms with Crippen molar-refractivity contribution in [3.8, 4) is 0 Å². The van der Waals surface area contributed by atoms with E-state index in [0.29, 0.717) is 19.4 Å². The summed E-state index contributed by atoms with van der Waals surface area (Å²) in [4.78, 5) is 26.3. The van der Waals surface area contributed by atoms with Crippen LogP contribution in [0.1, 0.15) is 85.8 Å². The fraction of sp³-hybridized carbons (Fsp3) is 0.630. The zero-order valence-electron chi connectivity index (χ0n) is 21.0. The van der Waals surface area contributed by atoms with Crippen molar-refractivity contribution in [1.82, 2.24) is 4.90 Å². The Bertz CT molecular complexity index is 895. The summed E-state index contributed by atoms with van der Waals surface area (Å²) in [6.07, 6.45) is 4.69. The van der Waals surface area contributed by atoms with Gasteiger partial charge in [0.05, 0.1) is 5.41 Å². The van der Waals surface area contributed by atoms with Crippen LogP contribution in [0, 0.1) is 16.7 Å². The van der Waals surface area contributed by atoms with Crippen LogP contribution in [-0.4, -0.2) is 28.4 Å². The van der Waals surface area contributed by atoms with Gasteiger partial charge in [-0.25, -0.2) is 0 Å². The smallest absolute Gasteiger partial charge is 0.309 e. The molecule has 1 amide bonds. The van der Waals surface area contributed by atoms with E-state index in [1.54, 1.807) is 18.7 Å². The number of allylic oxidation sites excluding steroid dienone is 1. The first-order chi connectivity index (χ1) is 14.6. The van der Waals surface area contributed by atoms with Gasteiger partial charge in [0.15, 0.2) is 0 Å². The fourth-order valence-corrected chi connectivity index (χ4v) is 4.52. The molecule has 0 bridgehead atoms. The van der Waals surface area contributed by atoms with Crippen molar-refractivity contribution < 1.29 is 14.7 Å². The van der Waals surface area contributed by atoms with E-state index in [2.05, 4.69) is 53.7 Å². The molecular weight excluding hydrogens is 422 g/mol. The van der Waals surface area contributed by atoms with Gasteiger partial charge in [0.1, 0.15) is 0 Å². The summed E-state index contributed by atoms with van der Waals surface area (Å²) >= 11 is 6.69. The van der Waals surface area contributed by atoms with Crippen LogP contribution in [0.5, 0.6) is 0 Å². The summed E-state index contributed by atoms with van der Waals surface area (Å²) < 4.78 is 0. The predicted molar refractivity (Wildman–Crippen MR) is 132 cm³/mol. The number of benzene rings is 1. The zero-order chi connectivity index (χ0) is 24.5. The average molecular weight is 462 g/mol. The number of hydrogen-bond donors (Lipinski definition) is 1. The van der Waals surface area contributed by atoms with E-state index < -0.39 is 16.8 Å². The number of carbonyl (C=O) groups excluding carboxylic acids is 1. The van der Waals surface area contributed by atoms with Crippen LogP contribution in [-0.2, 0) is 21.4 Å². The molecule has 1 aromatic carbocycles. The third-order valence-corrected chi connectivity index (χ3v) is 7.12. The lowest BCUT2D eigenvalue weighted by Crippen LogP contribution is -2.43. The van der Waals surface area contributed by atoms with Crippen molar-refractivity contribution >= 4 is 23.5 Å². The second-order valence-corrected chi connectivity index (χ2v) is 12.0. The maximum Gasteiger partial charge on any atom is 0.309 e. The molecule has 1 N–H and O–H groups in total. The highest BCUT2D eigenvalue weighted by Crippen LogP contribution is 2.44. The van der Waals surface area contributed by atoms with Crippen molar-refractivity contribution in [3.05, 3.63) is 46.1 Å². The highest BCUT2D eigenvalue weighted by molar-refractivity contribution is 6.31. The van der Waals surface area contributed by atoms with Crippen molar-refractivity contribution in [1.29, 1.82) is 0 Å². The molecule has 2 rings (SSSR count). The summed E-state index contributed by atoms with van der Waals surface area (Å²) in [5.41, 5.74) is 2.31. The van der Waals surface area contributed by atoms with Gasteiger partial charge >= 0.3 is 5.97 Å². The third kappa shape index (κ3) is 6.15. The molecule has 1 aromatic rings. The molecule has 32 heavy (non-hydrogen) atoms. The van der Waals surface area contributed by atoms with Crippen LogP contribution in [0.4, 0.5) is 0 Å². The van der Waals surface area contributed by atoms with Gasteiger partial charge in [-0.3, -0.25) is 9.59 Å². The Balaban J connectivity index is 2.34. The molecule has 0 saturated carbocycles. The number of nitrogens with zero attached hydrogens (tertiary/aromatic N) is 1. The first-order valence-electron chi connectivity index (χ1n) is 11.6. The van der Waals surface area contributed by atoms with Crippen LogP contribution >= 0.6 is 11.6 Å². The van der Waals surface area contributed by atoms with E-state index in [1.165, 1.54) is 5.57 Å². The number of rotatable bonds is 8. The van der Waals surface area contributed by atoms with Gasteiger partial charge in [-0.2, -0.15) is 0 Å². The van der Waals surface area contributed by atoms with Crippen LogP contribution in [0.3, 0.4) is 0 Å². The van der Waals surface area contributed by atoms with Crippen LogP contribution in [0.25, 0.3) is 0 Å². The van der Waals surface area contributed by atoms with E-state index >= 15 is 0 Å². The van der Waals surface area contributed by atoms with E-state index in [1.807, 2.05) is 12.3 Å². The minimum atomic E-state index is -0.872. The molecule has 0 aliphatic carbocycles. The number of aryl methyl sites for hydroxylation is 1. The lowest BCUT2D eigenvalue weighted by Gasteiger charge is -2.41. The minimum Gasteiger partial charge on any atom is -0.481 e. The SMILES string of the molecule is CC(C)C1=CN(CCC(C)(C)C(=O)O)C(=O)C[C@@]1(C)c1ccc(CCC(C)(C)C)c(Cl)c1. The predicted octanol–water partition coefficient (Wildman–Crippen LogP) is 6.85. The molecule has 0 radical (unpaired) electrons.